The Balaban J connectivity index is 1.55. The molecule has 0 saturated carbocycles. The molecule has 0 fully saturated rings. The van der Waals surface area contributed by atoms with Gasteiger partial charge in [0, 0.05) is 13.2 Å². The molecule has 7 nitrogen and oxygen atoms in total. The highest BCUT2D eigenvalue weighted by atomic mass is 32.2. The van der Waals surface area contributed by atoms with Gasteiger partial charge in [-0.25, -0.2) is 4.98 Å². The van der Waals surface area contributed by atoms with E-state index in [1.807, 2.05) is 55.6 Å². The maximum absolute atomic E-state index is 13.1. The van der Waals surface area contributed by atoms with E-state index in [0.29, 0.717) is 46.7 Å². The topological polar surface area (TPSA) is 83.0 Å². The Morgan fingerprint density at radius 2 is 2.07 bits per heavy atom. The number of hydrogen-bond donors (Lipinski definition) is 0. The zero-order chi connectivity index (χ0) is 20.9. The molecule has 0 radical (unpaired) electrons. The molecule has 0 aliphatic rings. The van der Waals surface area contributed by atoms with Crippen molar-refractivity contribution in [2.45, 2.75) is 43.8 Å². The Bertz CT molecular complexity index is 1170. The van der Waals surface area contributed by atoms with Gasteiger partial charge in [0.25, 0.3) is 11.4 Å². The SMILES string of the molecule is CC(C)OCCCn1c(SCc2noc(-c3cccs3)n2)nc2ccccc2c1=O. The number of hydrogen-bond acceptors (Lipinski definition) is 8. The van der Waals surface area contributed by atoms with Crippen molar-refractivity contribution in [2.24, 2.45) is 0 Å². The van der Waals surface area contributed by atoms with E-state index in [2.05, 4.69) is 10.1 Å². The summed E-state index contributed by atoms with van der Waals surface area (Å²) in [5.41, 5.74) is 0.645. The summed E-state index contributed by atoms with van der Waals surface area (Å²) in [6.45, 7) is 5.13. The van der Waals surface area contributed by atoms with Gasteiger partial charge in [0.05, 0.1) is 27.6 Å². The first-order valence-corrected chi connectivity index (χ1v) is 11.6. The summed E-state index contributed by atoms with van der Waals surface area (Å²) < 4.78 is 12.7. The van der Waals surface area contributed by atoms with E-state index in [9.17, 15) is 4.79 Å². The fraction of sp³-hybridized carbons (Fsp3) is 0.333. The molecule has 1 aromatic carbocycles. The molecule has 0 saturated heterocycles. The molecule has 156 valence electrons. The second kappa shape index (κ2) is 9.55. The predicted octanol–water partition coefficient (Wildman–Crippen LogP) is 4.62. The third-order valence-corrected chi connectivity index (χ3v) is 6.16. The van der Waals surface area contributed by atoms with Crippen molar-refractivity contribution < 1.29 is 9.26 Å². The van der Waals surface area contributed by atoms with Crippen LogP contribution in [-0.4, -0.2) is 32.4 Å². The third kappa shape index (κ3) is 4.80. The number of thioether (sulfide) groups is 1. The van der Waals surface area contributed by atoms with E-state index >= 15 is 0 Å². The molecule has 0 unspecified atom stereocenters. The average molecular weight is 443 g/mol. The molecule has 0 amide bonds. The molecule has 0 bridgehead atoms. The van der Waals surface area contributed by atoms with Crippen molar-refractivity contribution in [1.82, 2.24) is 19.7 Å². The molecular formula is C21H22N4O3S2. The van der Waals surface area contributed by atoms with Crippen LogP contribution in [0.5, 0.6) is 0 Å². The summed E-state index contributed by atoms with van der Waals surface area (Å²) in [6.07, 6.45) is 0.900. The highest BCUT2D eigenvalue weighted by molar-refractivity contribution is 7.98. The molecule has 0 N–H and O–H groups in total. The molecule has 3 aromatic heterocycles. The lowest BCUT2D eigenvalue weighted by molar-refractivity contribution is 0.0743. The molecule has 4 aromatic rings. The van der Waals surface area contributed by atoms with Gasteiger partial charge in [0.1, 0.15) is 0 Å². The van der Waals surface area contributed by atoms with Gasteiger partial charge in [-0.3, -0.25) is 9.36 Å². The summed E-state index contributed by atoms with van der Waals surface area (Å²) in [6, 6.07) is 11.3. The van der Waals surface area contributed by atoms with Crippen LogP contribution in [0.1, 0.15) is 26.1 Å². The van der Waals surface area contributed by atoms with Gasteiger partial charge in [-0.15, -0.1) is 11.3 Å². The minimum Gasteiger partial charge on any atom is -0.379 e. The van der Waals surface area contributed by atoms with Crippen molar-refractivity contribution in [1.29, 1.82) is 0 Å². The van der Waals surface area contributed by atoms with Gasteiger partial charge < -0.3 is 9.26 Å². The fourth-order valence-corrected chi connectivity index (χ4v) is 4.45. The van der Waals surface area contributed by atoms with Crippen molar-refractivity contribution >= 4 is 34.0 Å². The highest BCUT2D eigenvalue weighted by Gasteiger charge is 2.14. The van der Waals surface area contributed by atoms with Crippen molar-refractivity contribution in [3.63, 3.8) is 0 Å². The summed E-state index contributed by atoms with van der Waals surface area (Å²) in [5.74, 6) is 1.54. The first-order valence-electron chi connectivity index (χ1n) is 9.72. The Morgan fingerprint density at radius 3 is 2.87 bits per heavy atom. The molecule has 0 spiro atoms. The van der Waals surface area contributed by atoms with Crippen molar-refractivity contribution in [2.75, 3.05) is 6.61 Å². The Hall–Kier alpha value is -2.49. The maximum Gasteiger partial charge on any atom is 0.268 e. The van der Waals surface area contributed by atoms with Crippen LogP contribution in [0.2, 0.25) is 0 Å². The van der Waals surface area contributed by atoms with E-state index in [1.165, 1.54) is 11.8 Å². The van der Waals surface area contributed by atoms with Gasteiger partial charge in [0.2, 0.25) is 0 Å². The maximum atomic E-state index is 13.1. The van der Waals surface area contributed by atoms with Crippen LogP contribution in [0.3, 0.4) is 0 Å². The second-order valence-corrected chi connectivity index (χ2v) is 8.81. The Kier molecular flexibility index (Phi) is 6.61. The van der Waals surface area contributed by atoms with Gasteiger partial charge in [-0.1, -0.05) is 35.1 Å². The van der Waals surface area contributed by atoms with E-state index in [1.54, 1.807) is 15.9 Å². The number of benzene rings is 1. The van der Waals surface area contributed by atoms with Crippen LogP contribution in [0.4, 0.5) is 0 Å². The number of thiophene rings is 1. The standard InChI is InChI=1S/C21H22N4O3S2/c1-14(2)27-11-6-10-25-20(26)15-7-3-4-8-16(15)22-21(25)30-13-18-23-19(28-24-18)17-9-5-12-29-17/h3-5,7-9,12,14H,6,10-11,13H2,1-2H3. The number of nitrogens with zero attached hydrogens (tertiary/aromatic N) is 4. The van der Waals surface area contributed by atoms with Crippen molar-refractivity contribution in [3.05, 3.63) is 58.0 Å². The zero-order valence-electron chi connectivity index (χ0n) is 16.8. The van der Waals surface area contributed by atoms with Crippen LogP contribution in [0.25, 0.3) is 21.7 Å². The lowest BCUT2D eigenvalue weighted by Crippen LogP contribution is -2.24. The number of rotatable bonds is 9. The van der Waals surface area contributed by atoms with Crippen LogP contribution < -0.4 is 5.56 Å². The van der Waals surface area contributed by atoms with Gasteiger partial charge in [-0.05, 0) is 43.8 Å². The van der Waals surface area contributed by atoms with Crippen LogP contribution in [0, 0.1) is 0 Å². The van der Waals surface area contributed by atoms with Gasteiger partial charge in [0.15, 0.2) is 11.0 Å². The Labute approximate surface area is 182 Å². The summed E-state index contributed by atoms with van der Waals surface area (Å²) >= 11 is 2.98. The monoisotopic (exact) mass is 442 g/mol. The number of aromatic nitrogens is 4. The normalized spacial score (nSPS) is 11.6. The molecule has 4 rings (SSSR count). The summed E-state index contributed by atoms with van der Waals surface area (Å²) in [7, 11) is 0. The average Bonchev–Trinajstić information content (AvgIpc) is 3.43. The van der Waals surface area contributed by atoms with Crippen LogP contribution in [0.15, 0.2) is 56.3 Å². The minimum atomic E-state index is -0.0416. The molecular weight excluding hydrogens is 420 g/mol. The predicted molar refractivity (Wildman–Crippen MR) is 119 cm³/mol. The first-order chi connectivity index (χ1) is 14.6. The van der Waals surface area contributed by atoms with E-state index in [4.69, 9.17) is 14.2 Å². The Morgan fingerprint density at radius 1 is 1.20 bits per heavy atom. The van der Waals surface area contributed by atoms with Crippen LogP contribution >= 0.6 is 23.1 Å². The summed E-state index contributed by atoms with van der Waals surface area (Å²) in [4.78, 5) is 23.2. The van der Waals surface area contributed by atoms with Gasteiger partial charge in [-0.2, -0.15) is 4.98 Å². The molecule has 3 heterocycles. The van der Waals surface area contributed by atoms with Gasteiger partial charge >= 0.3 is 0 Å². The molecule has 30 heavy (non-hydrogen) atoms. The van der Waals surface area contributed by atoms with Crippen molar-refractivity contribution in [3.8, 4) is 10.8 Å². The van der Waals surface area contributed by atoms with Crippen LogP contribution in [-0.2, 0) is 17.0 Å². The second-order valence-electron chi connectivity index (χ2n) is 6.92. The molecule has 0 atom stereocenters. The number of ether oxygens (including phenoxy) is 1. The zero-order valence-corrected chi connectivity index (χ0v) is 18.4. The van der Waals surface area contributed by atoms with E-state index < -0.39 is 0 Å². The van der Waals surface area contributed by atoms with E-state index in [0.717, 1.165) is 11.3 Å². The largest absolute Gasteiger partial charge is 0.379 e. The number of para-hydroxylation sites is 1. The van der Waals surface area contributed by atoms with E-state index in [-0.39, 0.29) is 11.7 Å². The first kappa shape index (κ1) is 20.8. The fourth-order valence-electron chi connectivity index (χ4n) is 2.94. The minimum absolute atomic E-state index is 0.0416. The quantitative estimate of drug-likeness (QED) is 0.212. The molecule has 0 aliphatic carbocycles. The highest BCUT2D eigenvalue weighted by Crippen LogP contribution is 2.25. The lowest BCUT2D eigenvalue weighted by atomic mass is 10.2. The lowest BCUT2D eigenvalue weighted by Gasteiger charge is -2.13. The molecule has 0 aliphatic heterocycles. The molecule has 9 heteroatoms. The smallest absolute Gasteiger partial charge is 0.268 e. The third-order valence-electron chi connectivity index (χ3n) is 4.33. The summed E-state index contributed by atoms with van der Waals surface area (Å²) in [5, 5.41) is 7.29. The number of fused-ring (bicyclic) bond motifs is 1.